The van der Waals surface area contributed by atoms with E-state index in [1.165, 1.54) is 10.8 Å². The molecule has 0 atom stereocenters. The van der Waals surface area contributed by atoms with Gasteiger partial charge in [0.25, 0.3) is 0 Å². The molecule has 0 fully saturated rings. The fraction of sp³-hybridized carbons (Fsp3) is 0.304. The molecule has 0 unspecified atom stereocenters. The van der Waals surface area contributed by atoms with Gasteiger partial charge in [-0.25, -0.2) is 19.4 Å². The zero-order valence-corrected chi connectivity index (χ0v) is 19.2. The number of carbonyl (C=O) groups is 3. The molecule has 3 rings (SSSR count). The predicted octanol–water partition coefficient (Wildman–Crippen LogP) is 3.70. The molecular formula is C23H29N7O4. The van der Waals surface area contributed by atoms with Crippen LogP contribution in [0.5, 0.6) is 0 Å². The Morgan fingerprint density at radius 2 is 1.85 bits per heavy atom. The van der Waals surface area contributed by atoms with Crippen LogP contribution in [0.2, 0.25) is 0 Å². The molecular weight excluding hydrogens is 438 g/mol. The number of amides is 3. The number of hydrogen-bond acceptors (Lipinski definition) is 7. The van der Waals surface area contributed by atoms with E-state index in [9.17, 15) is 14.4 Å². The highest BCUT2D eigenvalue weighted by atomic mass is 16.6. The first-order valence-corrected chi connectivity index (χ1v) is 11.0. The number of aromatic nitrogens is 2. The van der Waals surface area contributed by atoms with Crippen LogP contribution in [0.4, 0.5) is 31.6 Å². The van der Waals surface area contributed by atoms with E-state index in [1.54, 1.807) is 36.5 Å². The summed E-state index contributed by atoms with van der Waals surface area (Å²) in [5.41, 5.74) is 6.94. The number of ether oxygens (including phenoxy) is 1. The molecule has 2 heterocycles. The molecule has 0 saturated carbocycles. The minimum absolute atomic E-state index is 0.310. The van der Waals surface area contributed by atoms with E-state index >= 15 is 0 Å². The second-order valence-corrected chi connectivity index (χ2v) is 7.46. The fourth-order valence-corrected chi connectivity index (χ4v) is 3.46. The van der Waals surface area contributed by atoms with E-state index in [4.69, 9.17) is 5.73 Å². The molecule has 3 amide bonds. The molecule has 0 bridgehead atoms. The largest absolute Gasteiger partial charge is 0.427 e. The van der Waals surface area contributed by atoms with Gasteiger partial charge in [-0.3, -0.25) is 9.88 Å². The maximum Gasteiger partial charge on any atom is 0.427 e. The molecule has 0 saturated heterocycles. The number of primary amides is 1. The Morgan fingerprint density at radius 3 is 2.59 bits per heavy atom. The zero-order valence-electron chi connectivity index (χ0n) is 19.2. The van der Waals surface area contributed by atoms with Crippen molar-refractivity contribution >= 4 is 46.3 Å². The van der Waals surface area contributed by atoms with Gasteiger partial charge in [0, 0.05) is 41.8 Å². The van der Waals surface area contributed by atoms with Crippen molar-refractivity contribution in [1.29, 1.82) is 0 Å². The monoisotopic (exact) mass is 467 g/mol. The second-order valence-electron chi connectivity index (χ2n) is 7.46. The summed E-state index contributed by atoms with van der Waals surface area (Å²) >= 11 is 0. The zero-order chi connectivity index (χ0) is 24.5. The molecule has 3 aromatic rings. The minimum atomic E-state index is -1.17. The molecule has 0 aliphatic carbocycles. The number of pyridine rings is 1. The lowest BCUT2D eigenvalue weighted by Crippen LogP contribution is -2.32. The van der Waals surface area contributed by atoms with Crippen molar-refractivity contribution in [3.63, 3.8) is 0 Å². The average Bonchev–Trinajstić information content (AvgIpc) is 3.22. The molecule has 1 aromatic carbocycles. The summed E-state index contributed by atoms with van der Waals surface area (Å²) in [6.07, 6.45) is 1.91. The fourth-order valence-electron chi connectivity index (χ4n) is 3.46. The molecule has 34 heavy (non-hydrogen) atoms. The van der Waals surface area contributed by atoms with Crippen LogP contribution in [0.1, 0.15) is 20.3 Å². The Balaban J connectivity index is 1.58. The first-order chi connectivity index (χ1) is 16.4. The maximum absolute atomic E-state index is 12.2. The Labute approximate surface area is 197 Å². The number of anilines is 3. The summed E-state index contributed by atoms with van der Waals surface area (Å²) in [4.78, 5) is 41.4. The van der Waals surface area contributed by atoms with Crippen LogP contribution >= 0.6 is 0 Å². The lowest BCUT2D eigenvalue weighted by atomic mass is 10.2. The van der Waals surface area contributed by atoms with Gasteiger partial charge in [0.15, 0.2) is 0 Å². The van der Waals surface area contributed by atoms with Crippen molar-refractivity contribution in [2.75, 3.05) is 36.8 Å². The quantitative estimate of drug-likeness (QED) is 0.277. The summed E-state index contributed by atoms with van der Waals surface area (Å²) in [6, 6.07) is 10.2. The van der Waals surface area contributed by atoms with Crippen LogP contribution in [0.3, 0.4) is 0 Å². The summed E-state index contributed by atoms with van der Waals surface area (Å²) in [5.74, 6) is 0.410. The number of fused-ring (bicyclic) bond motifs is 1. The van der Waals surface area contributed by atoms with E-state index < -0.39 is 12.2 Å². The number of carbonyl (C=O) groups excluding carboxylic acids is 3. The van der Waals surface area contributed by atoms with Crippen LogP contribution in [-0.4, -0.2) is 58.8 Å². The van der Waals surface area contributed by atoms with Crippen LogP contribution in [0.15, 0.2) is 48.8 Å². The summed E-state index contributed by atoms with van der Waals surface area (Å²) in [5, 5.41) is 9.57. The highest BCUT2D eigenvalue weighted by Crippen LogP contribution is 2.24. The summed E-state index contributed by atoms with van der Waals surface area (Å²) < 4.78 is 5.62. The van der Waals surface area contributed by atoms with Gasteiger partial charge in [-0.2, -0.15) is 0 Å². The van der Waals surface area contributed by atoms with Crippen molar-refractivity contribution in [2.45, 2.75) is 20.3 Å². The SMILES string of the molecule is CCN(CC)CCCNC(=O)Nc1cc(Nc2ccc3c(ccn3C(=O)OC(N)=O)c2)ccn1. The van der Waals surface area contributed by atoms with Crippen LogP contribution in [-0.2, 0) is 4.74 Å². The van der Waals surface area contributed by atoms with Crippen LogP contribution in [0.25, 0.3) is 10.9 Å². The number of hydrogen-bond donors (Lipinski definition) is 4. The van der Waals surface area contributed by atoms with Gasteiger partial charge in [-0.1, -0.05) is 13.8 Å². The minimum Gasteiger partial charge on any atom is -0.359 e. The predicted molar refractivity (Wildman–Crippen MR) is 130 cm³/mol. The van der Waals surface area contributed by atoms with Crippen molar-refractivity contribution in [3.8, 4) is 0 Å². The molecule has 2 aromatic heterocycles. The van der Waals surface area contributed by atoms with E-state index in [2.05, 4.69) is 44.4 Å². The highest BCUT2D eigenvalue weighted by molar-refractivity contribution is 5.94. The number of nitrogens with one attached hydrogen (secondary N) is 3. The number of nitrogens with two attached hydrogens (primary N) is 1. The Hall–Kier alpha value is -4.12. The smallest absolute Gasteiger partial charge is 0.359 e. The van der Waals surface area contributed by atoms with E-state index in [1.807, 2.05) is 6.07 Å². The van der Waals surface area contributed by atoms with E-state index in [0.29, 0.717) is 17.9 Å². The Bertz CT molecular complexity index is 1160. The van der Waals surface area contributed by atoms with Gasteiger partial charge in [0.05, 0.1) is 5.52 Å². The van der Waals surface area contributed by atoms with Crippen molar-refractivity contribution in [2.24, 2.45) is 5.73 Å². The van der Waals surface area contributed by atoms with Gasteiger partial charge in [0.1, 0.15) is 5.82 Å². The highest BCUT2D eigenvalue weighted by Gasteiger charge is 2.13. The molecule has 180 valence electrons. The molecule has 11 nitrogen and oxygen atoms in total. The lowest BCUT2D eigenvalue weighted by Gasteiger charge is -2.17. The van der Waals surface area contributed by atoms with Gasteiger partial charge >= 0.3 is 18.2 Å². The number of nitrogens with zero attached hydrogens (tertiary/aromatic N) is 3. The van der Waals surface area contributed by atoms with Crippen molar-refractivity contribution in [1.82, 2.24) is 19.8 Å². The van der Waals surface area contributed by atoms with Crippen molar-refractivity contribution in [3.05, 3.63) is 48.8 Å². The summed E-state index contributed by atoms with van der Waals surface area (Å²) in [7, 11) is 0. The van der Waals surface area contributed by atoms with E-state index in [0.717, 1.165) is 42.8 Å². The number of urea groups is 1. The maximum atomic E-state index is 12.2. The lowest BCUT2D eigenvalue weighted by molar-refractivity contribution is 0.159. The third kappa shape index (κ3) is 6.69. The molecule has 0 aliphatic rings. The van der Waals surface area contributed by atoms with Gasteiger partial charge in [-0.05, 0) is 56.4 Å². The van der Waals surface area contributed by atoms with E-state index in [-0.39, 0.29) is 6.03 Å². The topological polar surface area (TPSA) is 144 Å². The van der Waals surface area contributed by atoms with Gasteiger partial charge in [-0.15, -0.1) is 0 Å². The summed E-state index contributed by atoms with van der Waals surface area (Å²) in [6.45, 7) is 7.73. The molecule has 0 aliphatic heterocycles. The molecule has 0 spiro atoms. The van der Waals surface area contributed by atoms with Crippen molar-refractivity contribution < 1.29 is 19.1 Å². The standard InChI is InChI=1S/C23H29N7O4/c1-3-29(4-2)12-5-10-26-22(32)28-20-15-18(8-11-25-20)27-17-6-7-19-16(14-17)9-13-30(19)23(33)34-21(24)31/h6-9,11,13-15H,3-5,10,12H2,1-2H3,(H2,24,31)(H3,25,26,27,28,32). The third-order valence-electron chi connectivity index (χ3n) is 5.20. The first kappa shape index (κ1) is 24.5. The average molecular weight is 468 g/mol. The van der Waals surface area contributed by atoms with Crippen LogP contribution < -0.4 is 21.7 Å². The molecule has 0 radical (unpaired) electrons. The van der Waals surface area contributed by atoms with Gasteiger partial charge in [0.2, 0.25) is 0 Å². The normalized spacial score (nSPS) is 10.8. The Kier molecular flexibility index (Phi) is 8.41. The first-order valence-electron chi connectivity index (χ1n) is 11.0. The van der Waals surface area contributed by atoms with Crippen LogP contribution in [0, 0.1) is 0 Å². The molecule has 5 N–H and O–H groups in total. The third-order valence-corrected chi connectivity index (χ3v) is 5.20. The number of rotatable bonds is 9. The molecule has 11 heteroatoms. The number of benzene rings is 1. The Morgan fingerprint density at radius 1 is 1.09 bits per heavy atom. The van der Waals surface area contributed by atoms with Gasteiger partial charge < -0.3 is 26.0 Å². The second kappa shape index (κ2) is 11.7.